The highest BCUT2D eigenvalue weighted by Gasteiger charge is 2.40. The van der Waals surface area contributed by atoms with E-state index in [1.165, 1.54) is 5.56 Å². The zero-order chi connectivity index (χ0) is 18.6. The normalized spacial score (nSPS) is 25.2. The van der Waals surface area contributed by atoms with E-state index in [2.05, 4.69) is 30.3 Å². The Morgan fingerprint density at radius 1 is 1.04 bits per heavy atom. The minimum absolute atomic E-state index is 0.147. The SMILES string of the molecule is O=C([C@@H]1CC(=O)N(C2CCOCC2)C1)N1CCC(Cc2ccccc2)CC1. The third kappa shape index (κ3) is 4.34. The number of likely N-dealkylation sites (tertiary alicyclic amines) is 2. The van der Waals surface area contributed by atoms with Crippen molar-refractivity contribution in [1.29, 1.82) is 0 Å². The average molecular weight is 370 g/mol. The number of piperidine rings is 1. The average Bonchev–Trinajstić information content (AvgIpc) is 3.11. The van der Waals surface area contributed by atoms with Gasteiger partial charge in [-0.25, -0.2) is 0 Å². The molecule has 2 amide bonds. The summed E-state index contributed by atoms with van der Waals surface area (Å²) < 4.78 is 5.40. The molecule has 5 heteroatoms. The maximum absolute atomic E-state index is 13.0. The zero-order valence-electron chi connectivity index (χ0n) is 16.0. The maximum Gasteiger partial charge on any atom is 0.227 e. The molecule has 1 aromatic rings. The summed E-state index contributed by atoms with van der Waals surface area (Å²) in [5.41, 5.74) is 1.38. The summed E-state index contributed by atoms with van der Waals surface area (Å²) in [6.45, 7) is 3.72. The zero-order valence-corrected chi connectivity index (χ0v) is 16.0. The van der Waals surface area contributed by atoms with E-state index in [4.69, 9.17) is 4.74 Å². The monoisotopic (exact) mass is 370 g/mol. The minimum Gasteiger partial charge on any atom is -0.381 e. The van der Waals surface area contributed by atoms with Gasteiger partial charge < -0.3 is 14.5 Å². The van der Waals surface area contributed by atoms with Crippen LogP contribution in [-0.4, -0.2) is 60.5 Å². The lowest BCUT2D eigenvalue weighted by Crippen LogP contribution is -2.44. The molecule has 0 radical (unpaired) electrons. The Morgan fingerprint density at radius 2 is 1.74 bits per heavy atom. The second-order valence-corrected chi connectivity index (χ2v) is 8.25. The van der Waals surface area contributed by atoms with E-state index in [-0.39, 0.29) is 23.8 Å². The largest absolute Gasteiger partial charge is 0.381 e. The molecule has 0 aliphatic carbocycles. The molecule has 0 bridgehead atoms. The molecule has 146 valence electrons. The highest BCUT2D eigenvalue weighted by molar-refractivity contribution is 5.89. The Hall–Kier alpha value is -1.88. The van der Waals surface area contributed by atoms with Gasteiger partial charge in [-0.15, -0.1) is 0 Å². The quantitative estimate of drug-likeness (QED) is 0.818. The van der Waals surface area contributed by atoms with E-state index < -0.39 is 0 Å². The summed E-state index contributed by atoms with van der Waals surface area (Å²) in [5, 5.41) is 0. The predicted octanol–water partition coefficient (Wildman–Crippen LogP) is 2.50. The fraction of sp³-hybridized carbons (Fsp3) is 0.636. The van der Waals surface area contributed by atoms with Crippen molar-refractivity contribution in [2.75, 3.05) is 32.8 Å². The van der Waals surface area contributed by atoms with Gasteiger partial charge in [-0.1, -0.05) is 30.3 Å². The molecule has 3 fully saturated rings. The van der Waals surface area contributed by atoms with Crippen molar-refractivity contribution in [2.24, 2.45) is 11.8 Å². The van der Waals surface area contributed by atoms with E-state index in [0.29, 0.717) is 18.9 Å². The van der Waals surface area contributed by atoms with E-state index in [1.54, 1.807) is 0 Å². The fourth-order valence-electron chi connectivity index (χ4n) is 4.81. The van der Waals surface area contributed by atoms with Crippen LogP contribution in [0.4, 0.5) is 0 Å². The van der Waals surface area contributed by atoms with Crippen molar-refractivity contribution < 1.29 is 14.3 Å². The summed E-state index contributed by atoms with van der Waals surface area (Å²) >= 11 is 0. The van der Waals surface area contributed by atoms with Gasteiger partial charge in [0.1, 0.15) is 0 Å². The molecular weight excluding hydrogens is 340 g/mol. The van der Waals surface area contributed by atoms with Crippen molar-refractivity contribution in [2.45, 2.75) is 44.6 Å². The minimum atomic E-state index is -0.147. The van der Waals surface area contributed by atoms with Crippen molar-refractivity contribution in [1.82, 2.24) is 9.80 Å². The van der Waals surface area contributed by atoms with Gasteiger partial charge in [0.2, 0.25) is 11.8 Å². The topological polar surface area (TPSA) is 49.9 Å². The van der Waals surface area contributed by atoms with Crippen LogP contribution < -0.4 is 0 Å². The summed E-state index contributed by atoms with van der Waals surface area (Å²) in [7, 11) is 0. The summed E-state index contributed by atoms with van der Waals surface area (Å²) in [5.74, 6) is 0.849. The van der Waals surface area contributed by atoms with Gasteiger partial charge in [0, 0.05) is 45.3 Å². The molecule has 5 nitrogen and oxygen atoms in total. The summed E-state index contributed by atoms with van der Waals surface area (Å²) in [4.78, 5) is 29.4. The van der Waals surface area contributed by atoms with Gasteiger partial charge in [0.05, 0.1) is 5.92 Å². The van der Waals surface area contributed by atoms with Gasteiger partial charge in [-0.05, 0) is 43.6 Å². The van der Waals surface area contributed by atoms with Gasteiger partial charge in [0.25, 0.3) is 0 Å². The number of ether oxygens (including phenoxy) is 1. The Balaban J connectivity index is 1.27. The first-order chi connectivity index (χ1) is 13.2. The Kier molecular flexibility index (Phi) is 5.77. The van der Waals surface area contributed by atoms with Crippen LogP contribution in [0.3, 0.4) is 0 Å². The second-order valence-electron chi connectivity index (χ2n) is 8.25. The molecule has 0 saturated carbocycles. The first kappa shape index (κ1) is 18.5. The second kappa shape index (κ2) is 8.42. The smallest absolute Gasteiger partial charge is 0.227 e. The molecule has 3 heterocycles. The van der Waals surface area contributed by atoms with Gasteiger partial charge in [-0.2, -0.15) is 0 Å². The Bertz CT molecular complexity index is 649. The number of rotatable bonds is 4. The van der Waals surface area contributed by atoms with E-state index in [0.717, 1.165) is 58.4 Å². The number of benzene rings is 1. The fourth-order valence-corrected chi connectivity index (χ4v) is 4.81. The van der Waals surface area contributed by atoms with Crippen LogP contribution in [0.25, 0.3) is 0 Å². The van der Waals surface area contributed by atoms with Crippen molar-refractivity contribution in [3.8, 4) is 0 Å². The van der Waals surface area contributed by atoms with Crippen LogP contribution in [0.1, 0.15) is 37.7 Å². The Labute approximate surface area is 161 Å². The molecule has 0 unspecified atom stereocenters. The lowest BCUT2D eigenvalue weighted by Gasteiger charge is -2.34. The first-order valence-electron chi connectivity index (χ1n) is 10.4. The molecule has 3 aliphatic rings. The van der Waals surface area contributed by atoms with Gasteiger partial charge in [0.15, 0.2) is 0 Å². The summed E-state index contributed by atoms with van der Waals surface area (Å²) in [6.07, 6.45) is 5.41. The third-order valence-electron chi connectivity index (χ3n) is 6.43. The molecule has 0 N–H and O–H groups in total. The number of hydrogen-bond donors (Lipinski definition) is 0. The van der Waals surface area contributed by atoms with Crippen molar-refractivity contribution in [3.05, 3.63) is 35.9 Å². The molecule has 0 aromatic heterocycles. The number of nitrogens with zero attached hydrogens (tertiary/aromatic N) is 2. The third-order valence-corrected chi connectivity index (χ3v) is 6.43. The van der Waals surface area contributed by atoms with Crippen LogP contribution in [0, 0.1) is 11.8 Å². The molecule has 1 atom stereocenters. The number of amides is 2. The molecule has 3 saturated heterocycles. The standard InChI is InChI=1S/C22H30N2O3/c25-21-15-19(16-24(21)20-8-12-27-13-9-20)22(26)23-10-6-18(7-11-23)14-17-4-2-1-3-5-17/h1-5,18-20H,6-16H2/t19-/m1/s1. The molecule has 4 rings (SSSR count). The predicted molar refractivity (Wildman–Crippen MR) is 103 cm³/mol. The van der Waals surface area contributed by atoms with Crippen LogP contribution in [0.15, 0.2) is 30.3 Å². The highest BCUT2D eigenvalue weighted by Crippen LogP contribution is 2.28. The van der Waals surface area contributed by atoms with Crippen LogP contribution in [0.2, 0.25) is 0 Å². The van der Waals surface area contributed by atoms with Crippen LogP contribution in [0.5, 0.6) is 0 Å². The highest BCUT2D eigenvalue weighted by atomic mass is 16.5. The number of hydrogen-bond acceptors (Lipinski definition) is 3. The number of carbonyl (C=O) groups is 2. The van der Waals surface area contributed by atoms with Crippen LogP contribution >= 0.6 is 0 Å². The lowest BCUT2D eigenvalue weighted by atomic mass is 9.89. The van der Waals surface area contributed by atoms with E-state index in [9.17, 15) is 9.59 Å². The lowest BCUT2D eigenvalue weighted by molar-refractivity contribution is -0.137. The first-order valence-corrected chi connectivity index (χ1v) is 10.4. The molecule has 3 aliphatic heterocycles. The molecule has 0 spiro atoms. The van der Waals surface area contributed by atoms with Crippen LogP contribution in [-0.2, 0) is 20.7 Å². The van der Waals surface area contributed by atoms with Gasteiger partial charge in [-0.3, -0.25) is 9.59 Å². The maximum atomic E-state index is 13.0. The molecule has 1 aromatic carbocycles. The van der Waals surface area contributed by atoms with Crippen molar-refractivity contribution >= 4 is 11.8 Å². The summed E-state index contributed by atoms with van der Waals surface area (Å²) in [6, 6.07) is 10.9. The molecular formula is C22H30N2O3. The number of carbonyl (C=O) groups excluding carboxylic acids is 2. The Morgan fingerprint density at radius 3 is 2.44 bits per heavy atom. The molecule has 27 heavy (non-hydrogen) atoms. The van der Waals surface area contributed by atoms with Gasteiger partial charge >= 0.3 is 0 Å². The van der Waals surface area contributed by atoms with E-state index in [1.807, 2.05) is 9.80 Å². The van der Waals surface area contributed by atoms with Crippen molar-refractivity contribution in [3.63, 3.8) is 0 Å². The van der Waals surface area contributed by atoms with E-state index >= 15 is 0 Å².